The molecule has 1 amide bonds. The summed E-state index contributed by atoms with van der Waals surface area (Å²) in [5, 5.41) is 3.20. The number of amides is 1. The molecule has 2 rings (SSSR count). The zero-order chi connectivity index (χ0) is 13.7. The van der Waals surface area contributed by atoms with Gasteiger partial charge in [0.25, 0.3) is 0 Å². The second-order valence-electron chi connectivity index (χ2n) is 6.82. The predicted molar refractivity (Wildman–Crippen MR) is 78.8 cm³/mol. The van der Waals surface area contributed by atoms with Crippen LogP contribution in [0.5, 0.6) is 0 Å². The van der Waals surface area contributed by atoms with Crippen molar-refractivity contribution in [3.63, 3.8) is 0 Å². The first-order chi connectivity index (χ1) is 9.13. The van der Waals surface area contributed by atoms with Crippen LogP contribution in [0.25, 0.3) is 0 Å². The van der Waals surface area contributed by atoms with Crippen molar-refractivity contribution >= 4 is 5.91 Å². The average Bonchev–Trinajstić information content (AvgIpc) is 2.89. The molecular weight excluding hydrogens is 236 g/mol. The number of nitrogens with two attached hydrogens (primary N) is 1. The second-order valence-corrected chi connectivity index (χ2v) is 6.82. The van der Waals surface area contributed by atoms with Gasteiger partial charge in [0.05, 0.1) is 0 Å². The van der Waals surface area contributed by atoms with Crippen LogP contribution in [0.3, 0.4) is 0 Å². The van der Waals surface area contributed by atoms with E-state index >= 15 is 0 Å². The Kier molecular flexibility index (Phi) is 5.26. The third kappa shape index (κ3) is 4.20. The molecule has 0 atom stereocenters. The first-order valence-electron chi connectivity index (χ1n) is 8.16. The number of carbonyl (C=O) groups excluding carboxylic acids is 1. The first-order valence-corrected chi connectivity index (χ1v) is 8.16. The number of nitrogens with one attached hydrogen (secondary N) is 1. The minimum atomic E-state index is 0.264. The van der Waals surface area contributed by atoms with E-state index in [9.17, 15) is 4.79 Å². The van der Waals surface area contributed by atoms with Gasteiger partial charge in [-0.1, -0.05) is 19.8 Å². The molecule has 0 aromatic rings. The fraction of sp³-hybridized carbons (Fsp3) is 0.938. The van der Waals surface area contributed by atoms with Gasteiger partial charge < -0.3 is 11.1 Å². The zero-order valence-electron chi connectivity index (χ0n) is 12.4. The van der Waals surface area contributed by atoms with E-state index in [1.807, 2.05) is 0 Å². The van der Waals surface area contributed by atoms with Crippen molar-refractivity contribution in [2.24, 2.45) is 17.1 Å². The summed E-state index contributed by atoms with van der Waals surface area (Å²) in [4.78, 5) is 12.1. The molecule has 19 heavy (non-hydrogen) atoms. The summed E-state index contributed by atoms with van der Waals surface area (Å²) in [6.07, 6.45) is 11.6. The van der Waals surface area contributed by atoms with Crippen molar-refractivity contribution in [1.82, 2.24) is 5.32 Å². The Labute approximate surface area is 117 Å². The zero-order valence-corrected chi connectivity index (χ0v) is 12.4. The molecule has 2 aliphatic carbocycles. The van der Waals surface area contributed by atoms with Crippen LogP contribution in [0.15, 0.2) is 0 Å². The van der Waals surface area contributed by atoms with Gasteiger partial charge >= 0.3 is 0 Å². The van der Waals surface area contributed by atoms with Gasteiger partial charge in [-0.2, -0.15) is 0 Å². The van der Waals surface area contributed by atoms with Crippen molar-refractivity contribution in [3.8, 4) is 0 Å². The van der Waals surface area contributed by atoms with Gasteiger partial charge in [0.2, 0.25) is 5.91 Å². The van der Waals surface area contributed by atoms with E-state index in [4.69, 9.17) is 5.73 Å². The first kappa shape index (κ1) is 14.8. The minimum absolute atomic E-state index is 0.264. The van der Waals surface area contributed by atoms with Gasteiger partial charge in [0.1, 0.15) is 0 Å². The Morgan fingerprint density at radius 2 is 1.84 bits per heavy atom. The Morgan fingerprint density at radius 3 is 2.42 bits per heavy atom. The highest BCUT2D eigenvalue weighted by Crippen LogP contribution is 2.40. The fourth-order valence-corrected chi connectivity index (χ4v) is 3.79. The molecule has 0 saturated heterocycles. The van der Waals surface area contributed by atoms with Crippen LogP contribution in [0.4, 0.5) is 0 Å². The molecule has 0 spiro atoms. The van der Waals surface area contributed by atoms with Crippen molar-refractivity contribution < 1.29 is 4.79 Å². The molecule has 0 aliphatic heterocycles. The Morgan fingerprint density at radius 1 is 1.21 bits per heavy atom. The lowest BCUT2D eigenvalue weighted by molar-refractivity contribution is -0.122. The predicted octanol–water partition coefficient (Wildman–Crippen LogP) is 2.98. The van der Waals surface area contributed by atoms with Crippen LogP contribution in [-0.4, -0.2) is 18.5 Å². The minimum Gasteiger partial charge on any atom is -0.356 e. The fourth-order valence-electron chi connectivity index (χ4n) is 3.79. The highest BCUT2D eigenvalue weighted by Gasteiger charge is 2.32. The third-order valence-corrected chi connectivity index (χ3v) is 5.44. The molecule has 0 radical (unpaired) electrons. The van der Waals surface area contributed by atoms with Crippen LogP contribution < -0.4 is 11.1 Å². The molecule has 0 aromatic carbocycles. The molecule has 2 saturated carbocycles. The molecule has 3 N–H and O–H groups in total. The summed E-state index contributed by atoms with van der Waals surface area (Å²) in [6, 6.07) is 0.376. The maximum Gasteiger partial charge on any atom is 0.220 e. The number of carbonyl (C=O) groups is 1. The van der Waals surface area contributed by atoms with E-state index in [0.29, 0.717) is 23.8 Å². The average molecular weight is 266 g/mol. The number of hydrogen-bond donors (Lipinski definition) is 2. The van der Waals surface area contributed by atoms with Gasteiger partial charge in [-0.15, -0.1) is 0 Å². The van der Waals surface area contributed by atoms with Crippen molar-refractivity contribution in [2.45, 2.75) is 77.2 Å². The van der Waals surface area contributed by atoms with E-state index in [1.54, 1.807) is 0 Å². The Bertz CT molecular complexity index is 289. The summed E-state index contributed by atoms with van der Waals surface area (Å²) >= 11 is 0. The van der Waals surface area contributed by atoms with E-state index in [0.717, 1.165) is 32.2 Å². The SMILES string of the molecule is CCC1(CNC(=O)CC2CCC(N)CC2)CCCC1. The molecule has 3 nitrogen and oxygen atoms in total. The lowest BCUT2D eigenvalue weighted by Crippen LogP contribution is -2.37. The smallest absolute Gasteiger partial charge is 0.220 e. The van der Waals surface area contributed by atoms with Crippen molar-refractivity contribution in [2.75, 3.05) is 6.54 Å². The summed E-state index contributed by atoms with van der Waals surface area (Å²) in [7, 11) is 0. The molecule has 3 heteroatoms. The van der Waals surface area contributed by atoms with E-state index < -0.39 is 0 Å². The molecule has 2 aliphatic rings. The monoisotopic (exact) mass is 266 g/mol. The van der Waals surface area contributed by atoms with Gasteiger partial charge in [-0.25, -0.2) is 0 Å². The molecule has 0 heterocycles. The van der Waals surface area contributed by atoms with Gasteiger partial charge in [-0.3, -0.25) is 4.79 Å². The third-order valence-electron chi connectivity index (χ3n) is 5.44. The van der Waals surface area contributed by atoms with E-state index in [2.05, 4.69) is 12.2 Å². The standard InChI is InChI=1S/C16H30N2O/c1-2-16(9-3-4-10-16)12-18-15(19)11-13-5-7-14(17)8-6-13/h13-14H,2-12,17H2,1H3,(H,18,19). The quantitative estimate of drug-likeness (QED) is 0.803. The maximum atomic E-state index is 12.1. The summed E-state index contributed by atoms with van der Waals surface area (Å²) in [5.41, 5.74) is 6.31. The van der Waals surface area contributed by atoms with Crippen LogP contribution >= 0.6 is 0 Å². The van der Waals surface area contributed by atoms with Crippen LogP contribution in [0.1, 0.15) is 71.1 Å². The number of hydrogen-bond acceptors (Lipinski definition) is 2. The molecule has 110 valence electrons. The van der Waals surface area contributed by atoms with E-state index in [-0.39, 0.29) is 5.91 Å². The van der Waals surface area contributed by atoms with Crippen molar-refractivity contribution in [1.29, 1.82) is 0 Å². The summed E-state index contributed by atoms with van der Waals surface area (Å²) < 4.78 is 0. The topological polar surface area (TPSA) is 55.1 Å². The summed E-state index contributed by atoms with van der Waals surface area (Å²) in [5.74, 6) is 0.834. The Hall–Kier alpha value is -0.570. The van der Waals surface area contributed by atoms with Crippen LogP contribution in [-0.2, 0) is 4.79 Å². The molecular formula is C16H30N2O. The second kappa shape index (κ2) is 6.74. The van der Waals surface area contributed by atoms with Gasteiger partial charge in [0, 0.05) is 19.0 Å². The lowest BCUT2D eigenvalue weighted by Gasteiger charge is -2.29. The molecule has 0 aromatic heterocycles. The molecule has 0 bridgehead atoms. The highest BCUT2D eigenvalue weighted by molar-refractivity contribution is 5.76. The number of rotatable bonds is 5. The van der Waals surface area contributed by atoms with Gasteiger partial charge in [-0.05, 0) is 56.3 Å². The summed E-state index contributed by atoms with van der Waals surface area (Å²) in [6.45, 7) is 3.16. The normalized spacial score (nSPS) is 30.2. The maximum absolute atomic E-state index is 12.1. The van der Waals surface area contributed by atoms with Gasteiger partial charge in [0.15, 0.2) is 0 Å². The Balaban J connectivity index is 1.69. The van der Waals surface area contributed by atoms with Crippen LogP contribution in [0, 0.1) is 11.3 Å². The van der Waals surface area contributed by atoms with Crippen molar-refractivity contribution in [3.05, 3.63) is 0 Å². The molecule has 2 fully saturated rings. The lowest BCUT2D eigenvalue weighted by atomic mass is 9.82. The highest BCUT2D eigenvalue weighted by atomic mass is 16.1. The van der Waals surface area contributed by atoms with E-state index in [1.165, 1.54) is 32.1 Å². The van der Waals surface area contributed by atoms with Crippen LogP contribution in [0.2, 0.25) is 0 Å². The molecule has 0 unspecified atom stereocenters. The largest absolute Gasteiger partial charge is 0.356 e.